The van der Waals surface area contributed by atoms with Crippen molar-refractivity contribution in [3.05, 3.63) is 28.5 Å². The molecular weight excluding hydrogens is 204 g/mol. The summed E-state index contributed by atoms with van der Waals surface area (Å²) in [7, 11) is 0. The molecule has 2 rings (SSSR count). The van der Waals surface area contributed by atoms with Crippen LogP contribution in [0.4, 0.5) is 0 Å². The van der Waals surface area contributed by atoms with E-state index in [1.807, 2.05) is 12.3 Å². The van der Waals surface area contributed by atoms with Crippen LogP contribution in [0.2, 0.25) is 0 Å². The van der Waals surface area contributed by atoms with Gasteiger partial charge in [0.05, 0.1) is 0 Å². The molecule has 0 bridgehead atoms. The van der Waals surface area contributed by atoms with Crippen molar-refractivity contribution in [1.82, 2.24) is 9.88 Å². The normalized spacial score (nSPS) is 22.5. The van der Waals surface area contributed by atoms with Gasteiger partial charge in [0.15, 0.2) is 0 Å². The maximum atomic E-state index is 5.35. The van der Waals surface area contributed by atoms with E-state index in [4.69, 9.17) is 12.2 Å². The van der Waals surface area contributed by atoms with Gasteiger partial charge in [-0.05, 0) is 39.3 Å². The van der Waals surface area contributed by atoms with E-state index in [-0.39, 0.29) is 0 Å². The Hall–Kier alpha value is -0.670. The Labute approximate surface area is 96.3 Å². The molecule has 0 radical (unpaired) electrons. The van der Waals surface area contributed by atoms with Crippen molar-refractivity contribution in [1.29, 1.82) is 0 Å². The molecule has 1 N–H and O–H groups in total. The van der Waals surface area contributed by atoms with Crippen molar-refractivity contribution >= 4 is 12.2 Å². The van der Waals surface area contributed by atoms with Gasteiger partial charge in [-0.1, -0.05) is 18.3 Å². The molecule has 0 aliphatic carbocycles. The average molecular weight is 222 g/mol. The molecule has 1 aromatic rings. The zero-order chi connectivity index (χ0) is 10.8. The predicted octanol–water partition coefficient (Wildman–Crippen LogP) is 3.29. The SMILES string of the molecule is CC(C)N1CCC[C@H]1c1ccc[nH]c1=S. The van der Waals surface area contributed by atoms with Gasteiger partial charge in [0.2, 0.25) is 0 Å². The van der Waals surface area contributed by atoms with Crippen LogP contribution in [0, 0.1) is 4.64 Å². The predicted molar refractivity (Wildman–Crippen MR) is 65.4 cm³/mol. The smallest absolute Gasteiger partial charge is 0.108 e. The number of likely N-dealkylation sites (tertiary alicyclic amines) is 1. The van der Waals surface area contributed by atoms with E-state index in [1.54, 1.807) is 0 Å². The molecule has 2 heterocycles. The number of nitrogens with zero attached hydrogens (tertiary/aromatic N) is 1. The Morgan fingerprint density at radius 3 is 3.00 bits per heavy atom. The molecule has 2 nitrogen and oxygen atoms in total. The van der Waals surface area contributed by atoms with E-state index in [9.17, 15) is 0 Å². The minimum Gasteiger partial charge on any atom is -0.353 e. The van der Waals surface area contributed by atoms with Crippen LogP contribution >= 0.6 is 12.2 Å². The minimum atomic E-state index is 0.523. The first-order chi connectivity index (χ1) is 7.20. The number of nitrogens with one attached hydrogen (secondary N) is 1. The lowest BCUT2D eigenvalue weighted by Gasteiger charge is -2.28. The van der Waals surface area contributed by atoms with Gasteiger partial charge < -0.3 is 4.98 Å². The number of rotatable bonds is 2. The van der Waals surface area contributed by atoms with Gasteiger partial charge in [0.25, 0.3) is 0 Å². The highest BCUT2D eigenvalue weighted by atomic mass is 32.1. The third-order valence-electron chi connectivity index (χ3n) is 3.17. The summed E-state index contributed by atoms with van der Waals surface area (Å²) < 4.78 is 0.898. The highest BCUT2D eigenvalue weighted by Crippen LogP contribution is 2.33. The minimum absolute atomic E-state index is 0.523. The number of aromatic nitrogens is 1. The second-order valence-electron chi connectivity index (χ2n) is 4.44. The van der Waals surface area contributed by atoms with Crippen LogP contribution in [0.15, 0.2) is 18.3 Å². The van der Waals surface area contributed by atoms with Gasteiger partial charge in [-0.3, -0.25) is 4.90 Å². The summed E-state index contributed by atoms with van der Waals surface area (Å²) in [5, 5.41) is 0. The molecule has 82 valence electrons. The van der Waals surface area contributed by atoms with Crippen molar-refractivity contribution in [3.8, 4) is 0 Å². The van der Waals surface area contributed by atoms with Gasteiger partial charge >= 0.3 is 0 Å². The molecule has 1 aromatic heterocycles. The Morgan fingerprint density at radius 1 is 1.53 bits per heavy atom. The summed E-state index contributed by atoms with van der Waals surface area (Å²) in [5.41, 5.74) is 1.29. The molecular formula is C12H18N2S. The molecule has 0 spiro atoms. The molecule has 0 aromatic carbocycles. The molecule has 0 amide bonds. The fourth-order valence-corrected chi connectivity index (χ4v) is 2.71. The van der Waals surface area contributed by atoms with Crippen LogP contribution in [-0.2, 0) is 0 Å². The third kappa shape index (κ3) is 2.13. The average Bonchev–Trinajstić information content (AvgIpc) is 2.67. The van der Waals surface area contributed by atoms with Crippen LogP contribution in [0.25, 0.3) is 0 Å². The summed E-state index contributed by atoms with van der Waals surface area (Å²) in [6, 6.07) is 5.33. The fourth-order valence-electron chi connectivity index (χ4n) is 2.44. The Balaban J connectivity index is 2.31. The van der Waals surface area contributed by atoms with Crippen molar-refractivity contribution in [2.45, 2.75) is 38.8 Å². The summed E-state index contributed by atoms with van der Waals surface area (Å²) in [4.78, 5) is 5.67. The fraction of sp³-hybridized carbons (Fsp3) is 0.583. The molecule has 0 saturated carbocycles. The lowest BCUT2D eigenvalue weighted by Crippen LogP contribution is -2.30. The van der Waals surface area contributed by atoms with E-state index in [1.165, 1.54) is 24.9 Å². The first kappa shape index (κ1) is 10.8. The highest BCUT2D eigenvalue weighted by Gasteiger charge is 2.28. The molecule has 1 fully saturated rings. The zero-order valence-electron chi connectivity index (χ0n) is 9.36. The Morgan fingerprint density at radius 2 is 2.33 bits per heavy atom. The van der Waals surface area contributed by atoms with E-state index >= 15 is 0 Å². The van der Waals surface area contributed by atoms with Gasteiger partial charge in [0, 0.05) is 23.8 Å². The first-order valence-electron chi connectivity index (χ1n) is 5.63. The van der Waals surface area contributed by atoms with Crippen LogP contribution in [0.5, 0.6) is 0 Å². The molecule has 1 aliphatic rings. The number of hydrogen-bond donors (Lipinski definition) is 1. The first-order valence-corrected chi connectivity index (χ1v) is 6.04. The Bertz CT molecular complexity index is 383. The zero-order valence-corrected chi connectivity index (χ0v) is 10.2. The number of H-pyrrole nitrogens is 1. The molecule has 0 unspecified atom stereocenters. The molecule has 1 saturated heterocycles. The van der Waals surface area contributed by atoms with Gasteiger partial charge in [-0.25, -0.2) is 0 Å². The van der Waals surface area contributed by atoms with Crippen molar-refractivity contribution in [2.24, 2.45) is 0 Å². The van der Waals surface area contributed by atoms with Gasteiger partial charge in [-0.2, -0.15) is 0 Å². The van der Waals surface area contributed by atoms with E-state index < -0.39 is 0 Å². The van der Waals surface area contributed by atoms with Crippen LogP contribution < -0.4 is 0 Å². The molecule has 15 heavy (non-hydrogen) atoms. The largest absolute Gasteiger partial charge is 0.353 e. The Kier molecular flexibility index (Phi) is 3.22. The second-order valence-corrected chi connectivity index (χ2v) is 4.85. The maximum absolute atomic E-state index is 5.35. The van der Waals surface area contributed by atoms with E-state index in [2.05, 4.69) is 29.8 Å². The van der Waals surface area contributed by atoms with Crippen LogP contribution in [0.3, 0.4) is 0 Å². The van der Waals surface area contributed by atoms with Crippen LogP contribution in [-0.4, -0.2) is 22.5 Å². The third-order valence-corrected chi connectivity index (χ3v) is 3.52. The lowest BCUT2D eigenvalue weighted by molar-refractivity contribution is 0.205. The van der Waals surface area contributed by atoms with E-state index in [0.717, 1.165) is 4.64 Å². The monoisotopic (exact) mass is 222 g/mol. The highest BCUT2D eigenvalue weighted by molar-refractivity contribution is 7.71. The quantitative estimate of drug-likeness (QED) is 0.774. The van der Waals surface area contributed by atoms with Gasteiger partial charge in [0.1, 0.15) is 4.64 Å². The van der Waals surface area contributed by atoms with Crippen molar-refractivity contribution in [3.63, 3.8) is 0 Å². The van der Waals surface area contributed by atoms with E-state index in [0.29, 0.717) is 12.1 Å². The lowest BCUT2D eigenvalue weighted by atomic mass is 10.1. The van der Waals surface area contributed by atoms with Crippen LogP contribution in [0.1, 0.15) is 38.3 Å². The second kappa shape index (κ2) is 4.45. The molecule has 1 atom stereocenters. The summed E-state index contributed by atoms with van der Waals surface area (Å²) >= 11 is 5.35. The molecule has 3 heteroatoms. The summed E-state index contributed by atoms with van der Waals surface area (Å²) in [5.74, 6) is 0. The maximum Gasteiger partial charge on any atom is 0.108 e. The standard InChI is InChI=1S/C12H18N2S/c1-9(2)14-8-4-6-11(14)10-5-3-7-13-12(10)15/h3,5,7,9,11H,4,6,8H2,1-2H3,(H,13,15)/t11-/m0/s1. The number of hydrogen-bond acceptors (Lipinski definition) is 2. The summed E-state index contributed by atoms with van der Waals surface area (Å²) in [6.07, 6.45) is 4.42. The van der Waals surface area contributed by atoms with Crippen molar-refractivity contribution in [2.75, 3.05) is 6.54 Å². The van der Waals surface area contributed by atoms with Crippen molar-refractivity contribution < 1.29 is 0 Å². The number of pyridine rings is 1. The molecule has 1 aliphatic heterocycles. The summed E-state index contributed by atoms with van der Waals surface area (Å²) in [6.45, 7) is 5.72. The number of aromatic amines is 1. The van der Waals surface area contributed by atoms with Gasteiger partial charge in [-0.15, -0.1) is 0 Å². The topological polar surface area (TPSA) is 19.0 Å².